The lowest BCUT2D eigenvalue weighted by Crippen LogP contribution is -2.16. The number of hydrogen-bond acceptors (Lipinski definition) is 4. The zero-order valence-corrected chi connectivity index (χ0v) is 16.0. The highest BCUT2D eigenvalue weighted by atomic mass is 35.5. The number of alkyl halides is 3. The number of aromatic nitrogens is 1. The van der Waals surface area contributed by atoms with E-state index in [0.717, 1.165) is 11.8 Å². The number of carbonyl (C=O) groups excluding carboxylic acids is 1. The Morgan fingerprint density at radius 1 is 1.23 bits per heavy atom. The second kappa shape index (κ2) is 8.18. The van der Waals surface area contributed by atoms with E-state index in [9.17, 15) is 18.0 Å². The number of benzene rings is 1. The van der Waals surface area contributed by atoms with Crippen molar-refractivity contribution in [2.75, 3.05) is 28.3 Å². The van der Waals surface area contributed by atoms with Gasteiger partial charge < -0.3 is 18.9 Å². The molecule has 1 heterocycles. The molecule has 0 bridgehead atoms. The molecule has 0 amide bonds. The van der Waals surface area contributed by atoms with Crippen molar-refractivity contribution in [2.45, 2.75) is 19.1 Å². The fourth-order valence-electron chi connectivity index (χ4n) is 2.90. The highest BCUT2D eigenvalue weighted by molar-refractivity contribution is 5.91. The molecule has 2 rings (SSSR count). The fraction of sp³-hybridized carbons (Fsp3) is 0.471. The molecular weight excluding hydrogens is 373 g/mol. The summed E-state index contributed by atoms with van der Waals surface area (Å²) in [7, 11) is 7.86. The summed E-state index contributed by atoms with van der Waals surface area (Å²) in [5.74, 6) is -0.723. The molecule has 146 valence electrons. The predicted octanol–water partition coefficient (Wildman–Crippen LogP) is 3.40. The zero-order valence-electron chi connectivity index (χ0n) is 15.2. The van der Waals surface area contributed by atoms with E-state index in [1.807, 2.05) is 19.0 Å². The van der Waals surface area contributed by atoms with Crippen LogP contribution >= 0.6 is 12.4 Å². The van der Waals surface area contributed by atoms with Gasteiger partial charge in [-0.15, -0.1) is 12.4 Å². The molecule has 0 aliphatic carbocycles. The van der Waals surface area contributed by atoms with Crippen LogP contribution in [0.15, 0.2) is 12.1 Å². The molecular formula is C17H22ClF3N2O3. The molecule has 0 N–H and O–H groups in total. The van der Waals surface area contributed by atoms with Crippen LogP contribution in [0.2, 0.25) is 0 Å². The third kappa shape index (κ3) is 4.24. The van der Waals surface area contributed by atoms with Gasteiger partial charge in [-0.1, -0.05) is 0 Å². The molecule has 1 aromatic carbocycles. The van der Waals surface area contributed by atoms with Crippen molar-refractivity contribution in [1.29, 1.82) is 0 Å². The third-order valence-corrected chi connectivity index (χ3v) is 4.08. The van der Waals surface area contributed by atoms with Crippen molar-refractivity contribution in [2.24, 2.45) is 7.05 Å². The minimum absolute atomic E-state index is 0. The summed E-state index contributed by atoms with van der Waals surface area (Å²) in [5.41, 5.74) is 0.949. The summed E-state index contributed by atoms with van der Waals surface area (Å²) in [6.45, 7) is 0.473. The molecule has 1 aromatic heterocycles. The summed E-state index contributed by atoms with van der Waals surface area (Å²) in [6.07, 6.45) is -4.56. The molecule has 0 aliphatic heterocycles. The minimum Gasteiger partial charge on any atom is -0.496 e. The van der Waals surface area contributed by atoms with E-state index in [1.54, 1.807) is 11.6 Å². The number of fused-ring (bicyclic) bond motifs is 1. The van der Waals surface area contributed by atoms with Crippen LogP contribution in [0.4, 0.5) is 13.2 Å². The molecule has 0 radical (unpaired) electrons. The van der Waals surface area contributed by atoms with E-state index in [1.165, 1.54) is 20.3 Å². The van der Waals surface area contributed by atoms with Crippen LogP contribution in [0, 0.1) is 0 Å². The van der Waals surface area contributed by atoms with E-state index in [0.29, 0.717) is 23.0 Å². The van der Waals surface area contributed by atoms with Gasteiger partial charge in [0, 0.05) is 30.2 Å². The first-order valence-electron chi connectivity index (χ1n) is 7.57. The molecule has 0 saturated carbocycles. The van der Waals surface area contributed by atoms with Crippen molar-refractivity contribution in [3.05, 3.63) is 29.0 Å². The van der Waals surface area contributed by atoms with Gasteiger partial charge in [-0.3, -0.25) is 4.79 Å². The lowest BCUT2D eigenvalue weighted by atomic mass is 10.0. The van der Waals surface area contributed by atoms with Gasteiger partial charge in [0.05, 0.1) is 26.2 Å². The van der Waals surface area contributed by atoms with E-state index < -0.39 is 17.7 Å². The van der Waals surface area contributed by atoms with Crippen LogP contribution in [0.1, 0.15) is 16.8 Å². The Balaban J connectivity index is 0.00000338. The molecule has 0 atom stereocenters. The van der Waals surface area contributed by atoms with Crippen LogP contribution in [-0.4, -0.2) is 43.8 Å². The average molecular weight is 395 g/mol. The van der Waals surface area contributed by atoms with Gasteiger partial charge >= 0.3 is 12.1 Å². The van der Waals surface area contributed by atoms with E-state index >= 15 is 0 Å². The van der Waals surface area contributed by atoms with Crippen LogP contribution in [0.25, 0.3) is 10.9 Å². The van der Waals surface area contributed by atoms with Crippen molar-refractivity contribution in [3.63, 3.8) is 0 Å². The van der Waals surface area contributed by atoms with Crippen molar-refractivity contribution >= 4 is 29.3 Å². The van der Waals surface area contributed by atoms with Gasteiger partial charge in [-0.25, -0.2) is 0 Å². The largest absolute Gasteiger partial charge is 0.496 e. The van der Waals surface area contributed by atoms with Crippen molar-refractivity contribution < 1.29 is 27.4 Å². The van der Waals surface area contributed by atoms with Crippen LogP contribution in [0.3, 0.4) is 0 Å². The smallest absolute Gasteiger partial charge is 0.420 e. The Bertz CT molecular complexity index is 801. The minimum atomic E-state index is -4.53. The maximum absolute atomic E-state index is 13.3. The number of halogens is 4. The number of hydrogen-bond donors (Lipinski definition) is 0. The SMILES string of the molecule is COC(=O)Cc1c(CN(C)C)n(C)c2cc(C(F)(F)F)c(OC)cc12.Cl. The molecule has 0 saturated heterocycles. The van der Waals surface area contributed by atoms with Crippen LogP contribution < -0.4 is 4.74 Å². The number of methoxy groups -OCH3 is 2. The number of aryl methyl sites for hydroxylation is 1. The summed E-state index contributed by atoms with van der Waals surface area (Å²) in [6, 6.07) is 2.41. The number of esters is 1. The first-order chi connectivity index (χ1) is 11.6. The fourth-order valence-corrected chi connectivity index (χ4v) is 2.90. The van der Waals surface area contributed by atoms with Gasteiger partial charge in [-0.2, -0.15) is 13.2 Å². The van der Waals surface area contributed by atoms with Gasteiger partial charge in [0.2, 0.25) is 0 Å². The number of nitrogens with zero attached hydrogens (tertiary/aromatic N) is 2. The highest BCUT2D eigenvalue weighted by Gasteiger charge is 2.35. The zero-order chi connectivity index (χ0) is 18.9. The number of ether oxygens (including phenoxy) is 2. The van der Waals surface area contributed by atoms with E-state index in [4.69, 9.17) is 9.47 Å². The Labute approximate surface area is 156 Å². The maximum Gasteiger partial charge on any atom is 0.420 e. The lowest BCUT2D eigenvalue weighted by Gasteiger charge is -2.13. The molecule has 26 heavy (non-hydrogen) atoms. The standard InChI is InChI=1S/C17H21F3N2O3.ClH/c1-21(2)9-14-11(7-16(23)25-5)10-6-15(24-4)12(17(18,19)20)8-13(10)22(14)3;/h6,8H,7,9H2,1-5H3;1H. The third-order valence-electron chi connectivity index (χ3n) is 4.08. The molecule has 2 aromatic rings. The number of rotatable bonds is 5. The van der Waals surface area contributed by atoms with Crippen LogP contribution in [-0.2, 0) is 35.7 Å². The highest BCUT2D eigenvalue weighted by Crippen LogP contribution is 2.40. The van der Waals surface area contributed by atoms with Gasteiger partial charge in [0.15, 0.2) is 0 Å². The topological polar surface area (TPSA) is 43.7 Å². The predicted molar refractivity (Wildman–Crippen MR) is 94.8 cm³/mol. The maximum atomic E-state index is 13.3. The monoisotopic (exact) mass is 394 g/mol. The Morgan fingerprint density at radius 2 is 1.85 bits per heavy atom. The molecule has 0 spiro atoms. The quantitative estimate of drug-likeness (QED) is 0.729. The number of carbonyl (C=O) groups is 1. The second-order valence-corrected chi connectivity index (χ2v) is 6.04. The van der Waals surface area contributed by atoms with Gasteiger partial charge in [0.1, 0.15) is 5.75 Å². The second-order valence-electron chi connectivity index (χ2n) is 6.04. The summed E-state index contributed by atoms with van der Waals surface area (Å²) in [4.78, 5) is 13.7. The van der Waals surface area contributed by atoms with Gasteiger partial charge in [0.25, 0.3) is 0 Å². The average Bonchev–Trinajstić information content (AvgIpc) is 2.77. The van der Waals surface area contributed by atoms with Crippen molar-refractivity contribution in [1.82, 2.24) is 9.47 Å². The molecule has 0 aliphatic rings. The Hall–Kier alpha value is -1.93. The molecule has 0 fully saturated rings. The first kappa shape index (κ1) is 22.1. The van der Waals surface area contributed by atoms with E-state index in [-0.39, 0.29) is 24.6 Å². The molecule has 5 nitrogen and oxygen atoms in total. The van der Waals surface area contributed by atoms with Crippen LogP contribution in [0.5, 0.6) is 5.75 Å². The Morgan fingerprint density at radius 3 is 2.31 bits per heavy atom. The summed E-state index contributed by atoms with van der Waals surface area (Å²) in [5, 5.41) is 0.551. The van der Waals surface area contributed by atoms with Gasteiger partial charge in [-0.05, 0) is 31.8 Å². The molecule has 9 heteroatoms. The lowest BCUT2D eigenvalue weighted by molar-refractivity contribution is -0.140. The molecule has 0 unspecified atom stereocenters. The van der Waals surface area contributed by atoms with E-state index in [2.05, 4.69) is 0 Å². The first-order valence-corrected chi connectivity index (χ1v) is 7.57. The van der Waals surface area contributed by atoms with Crippen molar-refractivity contribution in [3.8, 4) is 5.75 Å². The summed E-state index contributed by atoms with van der Waals surface area (Å²) < 4.78 is 51.3. The summed E-state index contributed by atoms with van der Waals surface area (Å²) >= 11 is 0. The normalized spacial score (nSPS) is 11.6. The Kier molecular flexibility index (Phi) is 6.95.